The maximum absolute atomic E-state index is 12.9. The molecule has 1 aliphatic heterocycles. The Bertz CT molecular complexity index is 780. The van der Waals surface area contributed by atoms with Crippen LogP contribution in [0.25, 0.3) is 10.2 Å². The fourth-order valence-corrected chi connectivity index (χ4v) is 4.68. The number of carbonyl (C=O) groups is 1. The van der Waals surface area contributed by atoms with Crippen molar-refractivity contribution in [2.75, 3.05) is 45.1 Å². The number of thiophene rings is 1. The number of carbonyl (C=O) groups excluding carboxylic acids is 1. The van der Waals surface area contributed by atoms with Gasteiger partial charge in [-0.15, -0.1) is 11.3 Å². The van der Waals surface area contributed by atoms with Crippen LogP contribution in [0, 0.1) is 0 Å². The molecule has 1 aliphatic carbocycles. The highest BCUT2D eigenvalue weighted by atomic mass is 32.1. The summed E-state index contributed by atoms with van der Waals surface area (Å²) in [7, 11) is 0. The number of fused-ring (bicyclic) bond motifs is 2. The van der Waals surface area contributed by atoms with Crippen LogP contribution in [0.15, 0.2) is 6.07 Å². The van der Waals surface area contributed by atoms with Gasteiger partial charge in [0.05, 0.1) is 12.3 Å². The molecule has 2 aromatic heterocycles. The van der Waals surface area contributed by atoms with Gasteiger partial charge in [0.25, 0.3) is 5.91 Å². The van der Waals surface area contributed by atoms with Crippen LogP contribution in [-0.2, 0) is 12.8 Å². The molecule has 1 fully saturated rings. The first-order chi connectivity index (χ1) is 11.7. The second-order valence-corrected chi connectivity index (χ2v) is 7.50. The lowest BCUT2D eigenvalue weighted by Gasteiger charge is -2.34. The lowest BCUT2D eigenvalue weighted by atomic mass is 10.1. The standard InChI is InChI=1S/C17H22N4O2S/c18-14-12-10-11-2-1-3-13(11)19-16(12)24-15(14)17(23)21-6-4-20(5-7-21)8-9-22/h10,22H,1-9,18H2. The first-order valence-corrected chi connectivity index (χ1v) is 9.32. The number of nitrogen functional groups attached to an aromatic ring is 1. The summed E-state index contributed by atoms with van der Waals surface area (Å²) < 4.78 is 0. The summed E-state index contributed by atoms with van der Waals surface area (Å²) >= 11 is 1.42. The molecule has 4 rings (SSSR count). The summed E-state index contributed by atoms with van der Waals surface area (Å²) in [5.74, 6) is 0.0132. The van der Waals surface area contributed by atoms with Crippen molar-refractivity contribution in [1.29, 1.82) is 0 Å². The second kappa shape index (κ2) is 6.31. The van der Waals surface area contributed by atoms with Gasteiger partial charge in [-0.05, 0) is 30.9 Å². The quantitative estimate of drug-likeness (QED) is 0.870. The van der Waals surface area contributed by atoms with Gasteiger partial charge in [-0.3, -0.25) is 9.69 Å². The van der Waals surface area contributed by atoms with Crippen LogP contribution in [0.4, 0.5) is 5.69 Å². The molecule has 0 aromatic carbocycles. The smallest absolute Gasteiger partial charge is 0.266 e. The predicted molar refractivity (Wildman–Crippen MR) is 95.5 cm³/mol. The number of rotatable bonds is 3. The van der Waals surface area contributed by atoms with Crippen molar-refractivity contribution in [3.63, 3.8) is 0 Å². The lowest BCUT2D eigenvalue weighted by molar-refractivity contribution is 0.0620. The van der Waals surface area contributed by atoms with E-state index >= 15 is 0 Å². The zero-order chi connectivity index (χ0) is 16.7. The van der Waals surface area contributed by atoms with Crippen molar-refractivity contribution in [1.82, 2.24) is 14.8 Å². The summed E-state index contributed by atoms with van der Waals surface area (Å²) in [4.78, 5) is 23.1. The van der Waals surface area contributed by atoms with Gasteiger partial charge in [-0.25, -0.2) is 4.98 Å². The van der Waals surface area contributed by atoms with Crippen LogP contribution in [-0.4, -0.2) is 65.1 Å². The summed E-state index contributed by atoms with van der Waals surface area (Å²) in [6.07, 6.45) is 3.24. The highest BCUT2D eigenvalue weighted by Crippen LogP contribution is 2.36. The highest BCUT2D eigenvalue weighted by Gasteiger charge is 2.26. The van der Waals surface area contributed by atoms with Gasteiger partial charge >= 0.3 is 0 Å². The molecule has 1 amide bonds. The SMILES string of the molecule is Nc1c(C(=O)N2CCN(CCO)CC2)sc2nc3c(cc12)CCC3. The topological polar surface area (TPSA) is 82.7 Å². The average molecular weight is 346 g/mol. The lowest BCUT2D eigenvalue weighted by Crippen LogP contribution is -2.49. The number of aryl methyl sites for hydroxylation is 2. The van der Waals surface area contributed by atoms with E-state index in [1.807, 2.05) is 4.90 Å². The third-order valence-electron chi connectivity index (χ3n) is 5.02. The van der Waals surface area contributed by atoms with Crippen molar-refractivity contribution in [2.45, 2.75) is 19.3 Å². The van der Waals surface area contributed by atoms with E-state index in [0.717, 1.165) is 42.6 Å². The Morgan fingerprint density at radius 2 is 2.08 bits per heavy atom. The van der Waals surface area contributed by atoms with E-state index in [-0.39, 0.29) is 12.5 Å². The Hall–Kier alpha value is -1.70. The number of anilines is 1. The van der Waals surface area contributed by atoms with Gasteiger partial charge in [-0.1, -0.05) is 0 Å². The molecule has 1 saturated heterocycles. The van der Waals surface area contributed by atoms with Crippen molar-refractivity contribution in [3.05, 3.63) is 22.2 Å². The molecule has 7 heteroatoms. The molecule has 24 heavy (non-hydrogen) atoms. The molecule has 128 valence electrons. The maximum Gasteiger partial charge on any atom is 0.266 e. The Morgan fingerprint density at radius 3 is 2.83 bits per heavy atom. The van der Waals surface area contributed by atoms with Crippen LogP contribution in [0.3, 0.4) is 0 Å². The molecule has 0 unspecified atom stereocenters. The summed E-state index contributed by atoms with van der Waals surface area (Å²) in [5.41, 5.74) is 9.33. The molecular weight excluding hydrogens is 324 g/mol. The van der Waals surface area contributed by atoms with Gasteiger partial charge in [0, 0.05) is 43.8 Å². The summed E-state index contributed by atoms with van der Waals surface area (Å²) in [6.45, 7) is 3.77. The zero-order valence-electron chi connectivity index (χ0n) is 13.6. The molecule has 0 spiro atoms. The molecule has 3 heterocycles. The minimum atomic E-state index is 0.0132. The largest absolute Gasteiger partial charge is 0.397 e. The molecule has 2 aromatic rings. The van der Waals surface area contributed by atoms with E-state index in [0.29, 0.717) is 30.2 Å². The van der Waals surface area contributed by atoms with Crippen molar-refractivity contribution in [2.24, 2.45) is 0 Å². The van der Waals surface area contributed by atoms with E-state index in [1.54, 1.807) is 0 Å². The molecular formula is C17H22N4O2S. The molecule has 0 radical (unpaired) electrons. The minimum Gasteiger partial charge on any atom is -0.397 e. The number of aromatic nitrogens is 1. The Kier molecular flexibility index (Phi) is 4.15. The number of pyridine rings is 1. The maximum atomic E-state index is 12.9. The molecule has 2 aliphatic rings. The number of nitrogens with two attached hydrogens (primary N) is 1. The highest BCUT2D eigenvalue weighted by molar-refractivity contribution is 7.21. The Balaban J connectivity index is 1.58. The zero-order valence-corrected chi connectivity index (χ0v) is 14.4. The number of piperazine rings is 1. The van der Waals surface area contributed by atoms with Gasteiger partial charge in [-0.2, -0.15) is 0 Å². The Morgan fingerprint density at radius 1 is 1.29 bits per heavy atom. The van der Waals surface area contributed by atoms with Crippen LogP contribution in [0.1, 0.15) is 27.3 Å². The van der Waals surface area contributed by atoms with E-state index in [1.165, 1.54) is 22.6 Å². The van der Waals surface area contributed by atoms with E-state index < -0.39 is 0 Å². The molecule has 0 saturated carbocycles. The molecule has 0 atom stereocenters. The van der Waals surface area contributed by atoms with Crippen molar-refractivity contribution >= 4 is 33.1 Å². The number of β-amino-alcohol motifs (C(OH)–C–C–N with tert-alkyl or cyclic N) is 1. The number of aliphatic hydroxyl groups is 1. The third-order valence-corrected chi connectivity index (χ3v) is 6.12. The first kappa shape index (κ1) is 15.8. The fourth-order valence-electron chi connectivity index (χ4n) is 3.62. The molecule has 3 N–H and O–H groups in total. The third kappa shape index (κ3) is 2.66. The van der Waals surface area contributed by atoms with Gasteiger partial charge in [0.1, 0.15) is 9.71 Å². The molecule has 0 bridgehead atoms. The first-order valence-electron chi connectivity index (χ1n) is 8.50. The number of hydrogen-bond acceptors (Lipinski definition) is 6. The Labute approximate surface area is 144 Å². The monoisotopic (exact) mass is 346 g/mol. The normalized spacial score (nSPS) is 18.3. The van der Waals surface area contributed by atoms with Gasteiger partial charge in [0.2, 0.25) is 0 Å². The number of hydrogen-bond donors (Lipinski definition) is 2. The van der Waals surface area contributed by atoms with Gasteiger partial charge < -0.3 is 15.7 Å². The van der Waals surface area contributed by atoms with E-state index in [2.05, 4.69) is 11.0 Å². The van der Waals surface area contributed by atoms with Crippen LogP contribution < -0.4 is 5.73 Å². The van der Waals surface area contributed by atoms with E-state index in [9.17, 15) is 4.79 Å². The number of amides is 1. The van der Waals surface area contributed by atoms with Crippen LogP contribution in [0.5, 0.6) is 0 Å². The summed E-state index contributed by atoms with van der Waals surface area (Å²) in [6, 6.07) is 2.13. The fraction of sp³-hybridized carbons (Fsp3) is 0.529. The van der Waals surface area contributed by atoms with Gasteiger partial charge in [0.15, 0.2) is 0 Å². The van der Waals surface area contributed by atoms with Crippen molar-refractivity contribution in [3.8, 4) is 0 Å². The minimum absolute atomic E-state index is 0.0132. The predicted octanol–water partition coefficient (Wildman–Crippen LogP) is 1.12. The van der Waals surface area contributed by atoms with Crippen molar-refractivity contribution < 1.29 is 9.90 Å². The van der Waals surface area contributed by atoms with Crippen LogP contribution >= 0.6 is 11.3 Å². The van der Waals surface area contributed by atoms with E-state index in [4.69, 9.17) is 15.8 Å². The molecule has 6 nitrogen and oxygen atoms in total. The summed E-state index contributed by atoms with van der Waals surface area (Å²) in [5, 5.41) is 9.95. The second-order valence-electron chi connectivity index (χ2n) is 6.50. The average Bonchev–Trinajstić information content (AvgIpc) is 3.18. The number of aliphatic hydroxyl groups excluding tert-OH is 1. The van der Waals surface area contributed by atoms with Crippen LogP contribution in [0.2, 0.25) is 0 Å². The number of nitrogens with zero attached hydrogens (tertiary/aromatic N) is 3.